The molecule has 0 aliphatic carbocycles. The Kier molecular flexibility index (Phi) is 3.29. The first-order valence-corrected chi connectivity index (χ1v) is 4.65. The summed E-state index contributed by atoms with van der Waals surface area (Å²) in [6.07, 6.45) is 1.52. The van der Waals surface area contributed by atoms with Crippen LogP contribution in [0.15, 0.2) is 16.5 Å². The van der Waals surface area contributed by atoms with E-state index < -0.39 is 0 Å². The van der Waals surface area contributed by atoms with E-state index in [9.17, 15) is 4.79 Å². The molecule has 1 aromatic heterocycles. The zero-order chi connectivity index (χ0) is 9.84. The van der Waals surface area contributed by atoms with Crippen LogP contribution in [0.5, 0.6) is 0 Å². The van der Waals surface area contributed by atoms with E-state index in [-0.39, 0.29) is 5.78 Å². The Morgan fingerprint density at radius 3 is 2.69 bits per heavy atom. The van der Waals surface area contributed by atoms with Gasteiger partial charge in [-0.15, -0.1) is 0 Å². The lowest BCUT2D eigenvalue weighted by atomic mass is 10.0. The lowest BCUT2D eigenvalue weighted by Crippen LogP contribution is -1.96. The van der Waals surface area contributed by atoms with Crippen LogP contribution in [0.1, 0.15) is 44.1 Å². The summed E-state index contributed by atoms with van der Waals surface area (Å²) in [4.78, 5) is 10.8. The number of rotatable bonds is 4. The molecule has 2 heteroatoms. The van der Waals surface area contributed by atoms with Crippen molar-refractivity contribution in [1.82, 2.24) is 0 Å². The number of ketones is 1. The molecule has 0 amide bonds. The van der Waals surface area contributed by atoms with Crippen molar-refractivity contribution in [3.63, 3.8) is 0 Å². The van der Waals surface area contributed by atoms with Crippen LogP contribution in [0.3, 0.4) is 0 Å². The molecule has 1 rings (SSSR count). The third kappa shape index (κ3) is 3.05. The van der Waals surface area contributed by atoms with E-state index in [2.05, 4.69) is 6.92 Å². The van der Waals surface area contributed by atoms with E-state index in [1.807, 2.05) is 19.1 Å². The van der Waals surface area contributed by atoms with Crippen molar-refractivity contribution in [3.05, 3.63) is 23.7 Å². The molecule has 2 nitrogen and oxygen atoms in total. The number of hydrogen-bond donors (Lipinski definition) is 0. The number of carbonyl (C=O) groups is 1. The third-order valence-electron chi connectivity index (χ3n) is 2.18. The van der Waals surface area contributed by atoms with Crippen molar-refractivity contribution in [2.24, 2.45) is 0 Å². The van der Waals surface area contributed by atoms with Crippen molar-refractivity contribution in [3.8, 4) is 0 Å². The summed E-state index contributed by atoms with van der Waals surface area (Å²) < 4.78 is 5.47. The summed E-state index contributed by atoms with van der Waals surface area (Å²) in [6.45, 7) is 5.64. The SMILES string of the molecule is CC(=O)CCC(C)c1ccc(C)o1. The van der Waals surface area contributed by atoms with Crippen LogP contribution in [-0.2, 0) is 4.79 Å². The van der Waals surface area contributed by atoms with Gasteiger partial charge in [0, 0.05) is 12.3 Å². The van der Waals surface area contributed by atoms with Crippen LogP contribution in [-0.4, -0.2) is 5.78 Å². The normalized spacial score (nSPS) is 12.8. The first-order chi connectivity index (χ1) is 6.09. The Morgan fingerprint density at radius 1 is 1.54 bits per heavy atom. The van der Waals surface area contributed by atoms with Crippen LogP contribution in [0.2, 0.25) is 0 Å². The monoisotopic (exact) mass is 180 g/mol. The predicted molar refractivity (Wildman–Crippen MR) is 51.8 cm³/mol. The lowest BCUT2D eigenvalue weighted by Gasteiger charge is -2.05. The second-order valence-corrected chi connectivity index (χ2v) is 3.59. The van der Waals surface area contributed by atoms with Crippen LogP contribution in [0.25, 0.3) is 0 Å². The van der Waals surface area contributed by atoms with Gasteiger partial charge in [-0.2, -0.15) is 0 Å². The Hall–Kier alpha value is -1.05. The van der Waals surface area contributed by atoms with E-state index in [1.165, 1.54) is 0 Å². The van der Waals surface area contributed by atoms with Crippen LogP contribution in [0.4, 0.5) is 0 Å². The maximum absolute atomic E-state index is 10.8. The van der Waals surface area contributed by atoms with Crippen molar-refractivity contribution < 1.29 is 9.21 Å². The minimum absolute atomic E-state index is 0.245. The fraction of sp³-hybridized carbons (Fsp3) is 0.545. The first-order valence-electron chi connectivity index (χ1n) is 4.65. The van der Waals surface area contributed by atoms with Crippen molar-refractivity contribution in [2.75, 3.05) is 0 Å². The fourth-order valence-corrected chi connectivity index (χ4v) is 1.28. The smallest absolute Gasteiger partial charge is 0.129 e. The second-order valence-electron chi connectivity index (χ2n) is 3.59. The molecular weight excluding hydrogens is 164 g/mol. The Balaban J connectivity index is 2.48. The summed E-state index contributed by atoms with van der Waals surface area (Å²) in [5, 5.41) is 0. The zero-order valence-corrected chi connectivity index (χ0v) is 8.46. The molecule has 0 bridgehead atoms. The molecule has 1 aromatic rings. The zero-order valence-electron chi connectivity index (χ0n) is 8.46. The van der Waals surface area contributed by atoms with Gasteiger partial charge in [0.1, 0.15) is 17.3 Å². The van der Waals surface area contributed by atoms with E-state index >= 15 is 0 Å². The van der Waals surface area contributed by atoms with Crippen LogP contribution in [0, 0.1) is 6.92 Å². The molecule has 1 atom stereocenters. The molecule has 0 N–H and O–H groups in total. The highest BCUT2D eigenvalue weighted by molar-refractivity contribution is 5.75. The van der Waals surface area contributed by atoms with E-state index in [0.717, 1.165) is 17.9 Å². The number of Topliss-reactive ketones (excluding diaryl/α,β-unsaturated/α-hetero) is 1. The lowest BCUT2D eigenvalue weighted by molar-refractivity contribution is -0.117. The minimum Gasteiger partial charge on any atom is -0.466 e. The summed E-state index contributed by atoms with van der Waals surface area (Å²) >= 11 is 0. The van der Waals surface area contributed by atoms with E-state index in [4.69, 9.17) is 4.42 Å². The minimum atomic E-state index is 0.245. The van der Waals surface area contributed by atoms with Gasteiger partial charge in [-0.1, -0.05) is 6.92 Å². The number of furan rings is 1. The largest absolute Gasteiger partial charge is 0.466 e. The quantitative estimate of drug-likeness (QED) is 0.712. The third-order valence-corrected chi connectivity index (χ3v) is 2.18. The summed E-state index contributed by atoms with van der Waals surface area (Å²) in [7, 11) is 0. The Labute approximate surface area is 78.9 Å². The number of carbonyl (C=O) groups excluding carboxylic acids is 1. The molecule has 0 aliphatic rings. The molecule has 1 unspecified atom stereocenters. The van der Waals surface area contributed by atoms with Gasteiger partial charge in [0.05, 0.1) is 0 Å². The van der Waals surface area contributed by atoms with Crippen molar-refractivity contribution >= 4 is 5.78 Å². The van der Waals surface area contributed by atoms with Gasteiger partial charge in [-0.05, 0) is 32.4 Å². The molecule has 0 spiro atoms. The van der Waals surface area contributed by atoms with E-state index in [1.54, 1.807) is 6.92 Å². The van der Waals surface area contributed by atoms with Gasteiger partial charge >= 0.3 is 0 Å². The summed E-state index contributed by atoms with van der Waals surface area (Å²) in [5.41, 5.74) is 0. The van der Waals surface area contributed by atoms with Crippen LogP contribution < -0.4 is 0 Å². The standard InChI is InChI=1S/C11H16O2/c1-8(4-5-9(2)12)11-7-6-10(3)13-11/h6-8H,4-5H2,1-3H3. The van der Waals surface area contributed by atoms with Crippen molar-refractivity contribution in [1.29, 1.82) is 0 Å². The molecule has 0 saturated carbocycles. The van der Waals surface area contributed by atoms with E-state index in [0.29, 0.717) is 12.3 Å². The maximum atomic E-state index is 10.8. The Bertz CT molecular complexity index is 286. The highest BCUT2D eigenvalue weighted by Gasteiger charge is 2.09. The molecule has 0 radical (unpaired) electrons. The molecular formula is C11H16O2. The average molecular weight is 180 g/mol. The summed E-state index contributed by atoms with van der Waals surface area (Å²) in [6, 6.07) is 3.94. The average Bonchev–Trinajstić information content (AvgIpc) is 2.47. The molecule has 0 aromatic carbocycles. The Morgan fingerprint density at radius 2 is 2.23 bits per heavy atom. The highest BCUT2D eigenvalue weighted by Crippen LogP contribution is 2.22. The molecule has 0 saturated heterocycles. The van der Waals surface area contributed by atoms with Gasteiger partial charge in [-0.25, -0.2) is 0 Å². The maximum Gasteiger partial charge on any atom is 0.129 e. The topological polar surface area (TPSA) is 30.2 Å². The fourth-order valence-electron chi connectivity index (χ4n) is 1.28. The predicted octanol–water partition coefficient (Wildman–Crippen LogP) is 3.06. The second kappa shape index (κ2) is 4.26. The number of aryl methyl sites for hydroxylation is 1. The molecule has 72 valence electrons. The molecule has 1 heterocycles. The highest BCUT2D eigenvalue weighted by atomic mass is 16.3. The van der Waals surface area contributed by atoms with Crippen molar-refractivity contribution in [2.45, 2.75) is 39.5 Å². The van der Waals surface area contributed by atoms with Crippen LogP contribution >= 0.6 is 0 Å². The molecule has 13 heavy (non-hydrogen) atoms. The molecule has 0 fully saturated rings. The summed E-state index contributed by atoms with van der Waals surface area (Å²) in [5.74, 6) is 2.51. The number of hydrogen-bond acceptors (Lipinski definition) is 2. The van der Waals surface area contributed by atoms with Gasteiger partial charge in [-0.3, -0.25) is 0 Å². The first kappa shape index (κ1) is 10.0. The van der Waals surface area contributed by atoms with Gasteiger partial charge in [0.2, 0.25) is 0 Å². The van der Waals surface area contributed by atoms with Gasteiger partial charge < -0.3 is 9.21 Å². The molecule has 0 aliphatic heterocycles. The van der Waals surface area contributed by atoms with Gasteiger partial charge in [0.25, 0.3) is 0 Å². The van der Waals surface area contributed by atoms with Gasteiger partial charge in [0.15, 0.2) is 0 Å².